The first-order valence-corrected chi connectivity index (χ1v) is 7.09. The van der Waals surface area contributed by atoms with Crippen LogP contribution in [0.2, 0.25) is 5.02 Å². The van der Waals surface area contributed by atoms with Gasteiger partial charge in [0, 0.05) is 14.5 Å². The van der Waals surface area contributed by atoms with Crippen LogP contribution >= 0.6 is 34.2 Å². The van der Waals surface area contributed by atoms with Crippen LogP contribution in [-0.2, 0) is 0 Å². The molecular weight excluding hydrogens is 375 g/mol. The quantitative estimate of drug-likeness (QED) is 0.465. The summed E-state index contributed by atoms with van der Waals surface area (Å²) in [6.45, 7) is 0. The zero-order chi connectivity index (χ0) is 13.4. The van der Waals surface area contributed by atoms with Gasteiger partial charge in [0.05, 0.1) is 5.02 Å². The molecule has 1 heterocycles. The van der Waals surface area contributed by atoms with Crippen molar-refractivity contribution in [3.05, 3.63) is 68.4 Å². The summed E-state index contributed by atoms with van der Waals surface area (Å²) in [5, 5.41) is 1.35. The first-order chi connectivity index (χ1) is 9.15. The summed E-state index contributed by atoms with van der Waals surface area (Å²) < 4.78 is 6.65. The Morgan fingerprint density at radius 1 is 1.11 bits per heavy atom. The van der Waals surface area contributed by atoms with Gasteiger partial charge in [0.2, 0.25) is 5.78 Å². The second-order valence-corrected chi connectivity index (χ2v) is 5.76. The minimum atomic E-state index is -0.135. The number of halogens is 2. The lowest BCUT2D eigenvalue weighted by molar-refractivity contribution is 0.101. The molecule has 0 radical (unpaired) electrons. The Morgan fingerprint density at radius 3 is 2.53 bits per heavy atom. The molecule has 0 fully saturated rings. The van der Waals surface area contributed by atoms with Crippen LogP contribution in [0.25, 0.3) is 11.0 Å². The molecule has 0 aliphatic heterocycles. The molecule has 1 aromatic heterocycles. The number of carbonyl (C=O) groups excluding carboxylic acids is 1. The number of carbonyl (C=O) groups is 1. The van der Waals surface area contributed by atoms with Crippen LogP contribution in [0.5, 0.6) is 0 Å². The van der Waals surface area contributed by atoms with Crippen LogP contribution in [0.15, 0.2) is 52.9 Å². The molecule has 0 spiro atoms. The molecule has 0 amide bonds. The highest BCUT2D eigenvalue weighted by Crippen LogP contribution is 2.27. The van der Waals surface area contributed by atoms with Gasteiger partial charge in [-0.3, -0.25) is 4.79 Å². The molecule has 0 N–H and O–H groups in total. The predicted octanol–water partition coefficient (Wildman–Crippen LogP) is 4.92. The van der Waals surface area contributed by atoms with Gasteiger partial charge < -0.3 is 4.42 Å². The largest absolute Gasteiger partial charge is 0.451 e. The Balaban J connectivity index is 2.06. The Bertz CT molecular complexity index is 759. The molecule has 19 heavy (non-hydrogen) atoms. The fourth-order valence-corrected chi connectivity index (χ4v) is 2.46. The third-order valence-corrected chi connectivity index (χ3v) is 3.84. The van der Waals surface area contributed by atoms with Gasteiger partial charge >= 0.3 is 0 Å². The molecule has 4 heteroatoms. The number of hydrogen-bond donors (Lipinski definition) is 0. The van der Waals surface area contributed by atoms with E-state index in [-0.39, 0.29) is 5.78 Å². The molecule has 0 atom stereocenters. The van der Waals surface area contributed by atoms with E-state index in [4.69, 9.17) is 16.0 Å². The number of furan rings is 1. The van der Waals surface area contributed by atoms with Crippen molar-refractivity contribution in [1.82, 2.24) is 0 Å². The molecule has 0 bridgehead atoms. The third kappa shape index (κ3) is 2.40. The highest BCUT2D eigenvalue weighted by molar-refractivity contribution is 14.1. The molecule has 3 rings (SSSR count). The molecular formula is C15H8ClIO2. The summed E-state index contributed by atoms with van der Waals surface area (Å²) in [6, 6.07) is 14.5. The molecule has 0 aliphatic carbocycles. The van der Waals surface area contributed by atoms with Gasteiger partial charge in [-0.05, 0) is 59.0 Å². The number of para-hydroxylation sites is 1. The summed E-state index contributed by atoms with van der Waals surface area (Å²) in [6.07, 6.45) is 0. The van der Waals surface area contributed by atoms with Crippen LogP contribution in [0.1, 0.15) is 16.1 Å². The Hall–Kier alpha value is -1.33. The third-order valence-electron chi connectivity index (χ3n) is 2.83. The molecule has 3 aromatic rings. The van der Waals surface area contributed by atoms with E-state index in [1.807, 2.05) is 24.3 Å². The summed E-state index contributed by atoms with van der Waals surface area (Å²) >= 11 is 8.23. The number of ketones is 1. The number of rotatable bonds is 2. The molecule has 0 saturated carbocycles. The van der Waals surface area contributed by atoms with Crippen LogP contribution in [-0.4, -0.2) is 5.78 Å². The van der Waals surface area contributed by atoms with Crippen molar-refractivity contribution in [2.75, 3.05) is 0 Å². The summed E-state index contributed by atoms with van der Waals surface area (Å²) in [4.78, 5) is 12.3. The smallest absolute Gasteiger partial charge is 0.228 e. The normalized spacial score (nSPS) is 10.8. The lowest BCUT2D eigenvalue weighted by Gasteiger charge is -1.97. The predicted molar refractivity (Wildman–Crippen MR) is 83.8 cm³/mol. The van der Waals surface area contributed by atoms with E-state index in [0.717, 1.165) is 8.96 Å². The first-order valence-electron chi connectivity index (χ1n) is 5.63. The van der Waals surface area contributed by atoms with E-state index < -0.39 is 0 Å². The average molecular weight is 383 g/mol. The van der Waals surface area contributed by atoms with Crippen molar-refractivity contribution >= 4 is 50.9 Å². The topological polar surface area (TPSA) is 30.2 Å². The highest BCUT2D eigenvalue weighted by Gasteiger charge is 2.15. The zero-order valence-corrected chi connectivity index (χ0v) is 12.6. The van der Waals surface area contributed by atoms with Crippen LogP contribution in [0, 0.1) is 3.57 Å². The monoisotopic (exact) mass is 382 g/mol. The first kappa shape index (κ1) is 12.7. The van der Waals surface area contributed by atoms with Crippen LogP contribution in [0.3, 0.4) is 0 Å². The SMILES string of the molecule is O=C(c1ccc(I)cc1)c1cc2cccc(Cl)c2o1. The van der Waals surface area contributed by atoms with Gasteiger partial charge in [-0.1, -0.05) is 23.7 Å². The lowest BCUT2D eigenvalue weighted by Crippen LogP contribution is -1.98. The van der Waals surface area contributed by atoms with E-state index in [9.17, 15) is 4.79 Å². The second kappa shape index (κ2) is 4.98. The van der Waals surface area contributed by atoms with Crippen molar-refractivity contribution in [3.63, 3.8) is 0 Å². The van der Waals surface area contributed by atoms with E-state index in [0.29, 0.717) is 21.9 Å². The van der Waals surface area contributed by atoms with Crippen LogP contribution in [0.4, 0.5) is 0 Å². The summed E-state index contributed by atoms with van der Waals surface area (Å²) in [5.41, 5.74) is 1.16. The van der Waals surface area contributed by atoms with Gasteiger partial charge in [-0.2, -0.15) is 0 Å². The number of fused-ring (bicyclic) bond motifs is 1. The van der Waals surface area contributed by atoms with Crippen molar-refractivity contribution in [2.24, 2.45) is 0 Å². The molecule has 0 aliphatic rings. The molecule has 94 valence electrons. The number of benzene rings is 2. The van der Waals surface area contributed by atoms with Gasteiger partial charge in [0.25, 0.3) is 0 Å². The van der Waals surface area contributed by atoms with E-state index in [1.54, 1.807) is 24.3 Å². The second-order valence-electron chi connectivity index (χ2n) is 4.10. The lowest BCUT2D eigenvalue weighted by atomic mass is 10.1. The average Bonchev–Trinajstić information content (AvgIpc) is 2.84. The fourth-order valence-electron chi connectivity index (χ4n) is 1.88. The van der Waals surface area contributed by atoms with E-state index >= 15 is 0 Å². The molecule has 0 saturated heterocycles. The highest BCUT2D eigenvalue weighted by atomic mass is 127. The Labute approximate surface area is 128 Å². The molecule has 2 aromatic carbocycles. The van der Waals surface area contributed by atoms with E-state index in [1.165, 1.54) is 0 Å². The van der Waals surface area contributed by atoms with Crippen molar-refractivity contribution in [3.8, 4) is 0 Å². The molecule has 0 unspecified atom stereocenters. The maximum atomic E-state index is 12.3. The van der Waals surface area contributed by atoms with Crippen LogP contribution < -0.4 is 0 Å². The van der Waals surface area contributed by atoms with Gasteiger partial charge in [0.15, 0.2) is 11.3 Å². The van der Waals surface area contributed by atoms with Crippen molar-refractivity contribution in [1.29, 1.82) is 0 Å². The fraction of sp³-hybridized carbons (Fsp3) is 0. The standard InChI is InChI=1S/C15H8ClIO2/c16-12-3-1-2-10-8-13(19-15(10)12)14(18)9-4-6-11(17)7-5-9/h1-8H. The van der Waals surface area contributed by atoms with Crippen molar-refractivity contribution in [2.45, 2.75) is 0 Å². The number of hydrogen-bond acceptors (Lipinski definition) is 2. The zero-order valence-electron chi connectivity index (χ0n) is 9.69. The van der Waals surface area contributed by atoms with E-state index in [2.05, 4.69) is 22.6 Å². The van der Waals surface area contributed by atoms with Gasteiger partial charge in [-0.25, -0.2) is 0 Å². The molecule has 2 nitrogen and oxygen atoms in total. The van der Waals surface area contributed by atoms with Crippen molar-refractivity contribution < 1.29 is 9.21 Å². The summed E-state index contributed by atoms with van der Waals surface area (Å²) in [7, 11) is 0. The minimum absolute atomic E-state index is 0.135. The Kier molecular flexibility index (Phi) is 3.33. The minimum Gasteiger partial charge on any atom is -0.451 e. The summed E-state index contributed by atoms with van der Waals surface area (Å²) in [5.74, 6) is 0.174. The van der Waals surface area contributed by atoms with Gasteiger partial charge in [-0.15, -0.1) is 0 Å². The maximum Gasteiger partial charge on any atom is 0.228 e. The Morgan fingerprint density at radius 2 is 1.84 bits per heavy atom. The maximum absolute atomic E-state index is 12.3. The van der Waals surface area contributed by atoms with Gasteiger partial charge in [0.1, 0.15) is 0 Å².